The van der Waals surface area contributed by atoms with Crippen LogP contribution in [0.1, 0.15) is 19.4 Å². The zero-order chi connectivity index (χ0) is 12.1. The lowest BCUT2D eigenvalue weighted by Crippen LogP contribution is -2.36. The molecule has 0 bridgehead atoms. The van der Waals surface area contributed by atoms with Gasteiger partial charge in [-0.3, -0.25) is 0 Å². The van der Waals surface area contributed by atoms with E-state index in [4.69, 9.17) is 16.7 Å². The number of halogens is 1. The summed E-state index contributed by atoms with van der Waals surface area (Å²) in [5.74, 6) is 0.448. The molecular weight excluding hydrogens is 226 g/mol. The maximum Gasteiger partial charge on any atom is 0.138 e. The first-order chi connectivity index (χ1) is 7.56. The molecule has 0 spiro atoms. The van der Waals surface area contributed by atoms with Gasteiger partial charge in [0.1, 0.15) is 5.75 Å². The summed E-state index contributed by atoms with van der Waals surface area (Å²) in [5, 5.41) is 22.4. The Bertz CT molecular complexity index is 342. The lowest BCUT2D eigenvalue weighted by Gasteiger charge is -2.20. The van der Waals surface area contributed by atoms with Crippen molar-refractivity contribution in [1.29, 1.82) is 0 Å². The zero-order valence-corrected chi connectivity index (χ0v) is 10.3. The SMILES string of the molecule is CC(C)[C@@H](CO)NCc1cccc(Cl)c1O. The fourth-order valence-electron chi connectivity index (χ4n) is 1.45. The van der Waals surface area contributed by atoms with E-state index in [2.05, 4.69) is 5.32 Å². The van der Waals surface area contributed by atoms with Crippen LogP contribution in [0.2, 0.25) is 5.02 Å². The second-order valence-corrected chi connectivity index (χ2v) is 4.57. The van der Waals surface area contributed by atoms with E-state index in [0.29, 0.717) is 17.5 Å². The molecule has 90 valence electrons. The molecule has 0 amide bonds. The molecule has 0 saturated carbocycles. The number of phenols is 1. The van der Waals surface area contributed by atoms with Crippen molar-refractivity contribution in [3.63, 3.8) is 0 Å². The number of benzene rings is 1. The van der Waals surface area contributed by atoms with Crippen molar-refractivity contribution in [2.75, 3.05) is 6.61 Å². The zero-order valence-electron chi connectivity index (χ0n) is 9.57. The van der Waals surface area contributed by atoms with Gasteiger partial charge in [-0.25, -0.2) is 0 Å². The minimum atomic E-state index is 0.0263. The Morgan fingerprint density at radius 3 is 2.62 bits per heavy atom. The normalized spacial score (nSPS) is 13.1. The van der Waals surface area contributed by atoms with Crippen LogP contribution in [0.3, 0.4) is 0 Å². The van der Waals surface area contributed by atoms with Crippen molar-refractivity contribution in [1.82, 2.24) is 5.32 Å². The third-order valence-electron chi connectivity index (χ3n) is 2.63. The number of hydrogen-bond acceptors (Lipinski definition) is 3. The molecule has 0 radical (unpaired) electrons. The van der Waals surface area contributed by atoms with Crippen LogP contribution in [0.25, 0.3) is 0 Å². The van der Waals surface area contributed by atoms with Gasteiger partial charge in [0.15, 0.2) is 0 Å². The molecule has 16 heavy (non-hydrogen) atoms. The number of aliphatic hydroxyl groups excluding tert-OH is 1. The average Bonchev–Trinajstić information content (AvgIpc) is 2.24. The smallest absolute Gasteiger partial charge is 0.138 e. The van der Waals surface area contributed by atoms with Gasteiger partial charge in [0.25, 0.3) is 0 Å². The van der Waals surface area contributed by atoms with Gasteiger partial charge >= 0.3 is 0 Å². The molecule has 0 saturated heterocycles. The van der Waals surface area contributed by atoms with Gasteiger partial charge in [-0.15, -0.1) is 0 Å². The van der Waals surface area contributed by atoms with Gasteiger partial charge in [-0.05, 0) is 12.0 Å². The van der Waals surface area contributed by atoms with E-state index in [1.807, 2.05) is 19.9 Å². The number of hydrogen-bond donors (Lipinski definition) is 3. The standard InChI is InChI=1S/C12H18ClNO2/c1-8(2)11(7-15)14-6-9-4-3-5-10(13)12(9)16/h3-5,8,11,14-16H,6-7H2,1-2H3/t11-/m1/s1. The summed E-state index contributed by atoms with van der Waals surface area (Å²) in [6.45, 7) is 4.65. The van der Waals surface area contributed by atoms with Crippen molar-refractivity contribution in [3.8, 4) is 5.75 Å². The highest BCUT2D eigenvalue weighted by molar-refractivity contribution is 6.32. The topological polar surface area (TPSA) is 52.5 Å². The predicted molar refractivity (Wildman–Crippen MR) is 65.7 cm³/mol. The summed E-state index contributed by atoms with van der Waals surface area (Å²) in [4.78, 5) is 0. The first-order valence-electron chi connectivity index (χ1n) is 5.36. The van der Waals surface area contributed by atoms with Crippen molar-refractivity contribution in [2.45, 2.75) is 26.4 Å². The molecule has 0 fully saturated rings. The minimum absolute atomic E-state index is 0.0263. The van der Waals surface area contributed by atoms with E-state index >= 15 is 0 Å². The van der Waals surface area contributed by atoms with Crippen LogP contribution in [-0.2, 0) is 6.54 Å². The van der Waals surface area contributed by atoms with Crippen molar-refractivity contribution >= 4 is 11.6 Å². The molecule has 0 heterocycles. The lowest BCUT2D eigenvalue weighted by atomic mass is 10.0. The second-order valence-electron chi connectivity index (χ2n) is 4.16. The molecule has 0 unspecified atom stereocenters. The lowest BCUT2D eigenvalue weighted by molar-refractivity contribution is 0.209. The molecule has 1 aromatic carbocycles. The molecule has 0 aliphatic heterocycles. The third kappa shape index (κ3) is 3.37. The van der Waals surface area contributed by atoms with E-state index in [1.54, 1.807) is 12.1 Å². The predicted octanol–water partition coefficient (Wildman–Crippen LogP) is 2.15. The summed E-state index contributed by atoms with van der Waals surface area (Å²) in [5.41, 5.74) is 0.742. The van der Waals surface area contributed by atoms with Gasteiger partial charge < -0.3 is 15.5 Å². The maximum atomic E-state index is 9.69. The number of aliphatic hydroxyl groups is 1. The molecule has 3 nitrogen and oxygen atoms in total. The summed E-state index contributed by atoms with van der Waals surface area (Å²) in [6.07, 6.45) is 0. The molecule has 0 aliphatic carbocycles. The molecule has 1 rings (SSSR count). The third-order valence-corrected chi connectivity index (χ3v) is 2.93. The number of aromatic hydroxyl groups is 1. The van der Waals surface area contributed by atoms with Crippen molar-refractivity contribution in [3.05, 3.63) is 28.8 Å². The van der Waals surface area contributed by atoms with E-state index < -0.39 is 0 Å². The highest BCUT2D eigenvalue weighted by Crippen LogP contribution is 2.26. The molecule has 0 aliphatic rings. The summed E-state index contributed by atoms with van der Waals surface area (Å²) >= 11 is 5.80. The van der Waals surface area contributed by atoms with Crippen molar-refractivity contribution in [2.24, 2.45) is 5.92 Å². The highest BCUT2D eigenvalue weighted by atomic mass is 35.5. The minimum Gasteiger partial charge on any atom is -0.506 e. The summed E-state index contributed by atoms with van der Waals surface area (Å²) in [7, 11) is 0. The van der Waals surface area contributed by atoms with Crippen LogP contribution in [0.5, 0.6) is 5.75 Å². The molecule has 1 atom stereocenters. The Morgan fingerprint density at radius 1 is 1.38 bits per heavy atom. The van der Waals surface area contributed by atoms with Crippen molar-refractivity contribution < 1.29 is 10.2 Å². The molecule has 0 aromatic heterocycles. The van der Waals surface area contributed by atoms with Gasteiger partial charge in [0.05, 0.1) is 11.6 Å². The largest absolute Gasteiger partial charge is 0.506 e. The van der Waals surface area contributed by atoms with Gasteiger partial charge in [0, 0.05) is 18.2 Å². The van der Waals surface area contributed by atoms with Crippen LogP contribution >= 0.6 is 11.6 Å². The van der Waals surface area contributed by atoms with Crippen LogP contribution in [-0.4, -0.2) is 22.9 Å². The molecule has 1 aromatic rings. The maximum absolute atomic E-state index is 9.69. The fraction of sp³-hybridized carbons (Fsp3) is 0.500. The van der Waals surface area contributed by atoms with E-state index in [9.17, 15) is 5.11 Å². The number of rotatable bonds is 5. The Labute approximate surface area is 101 Å². The Morgan fingerprint density at radius 2 is 2.06 bits per heavy atom. The Balaban J connectivity index is 2.64. The van der Waals surface area contributed by atoms with E-state index in [0.717, 1.165) is 5.56 Å². The van der Waals surface area contributed by atoms with Gasteiger partial charge in [-0.2, -0.15) is 0 Å². The quantitative estimate of drug-likeness (QED) is 0.743. The van der Waals surface area contributed by atoms with Crippen LogP contribution < -0.4 is 5.32 Å². The molecule has 3 N–H and O–H groups in total. The highest BCUT2D eigenvalue weighted by Gasteiger charge is 2.12. The first-order valence-corrected chi connectivity index (χ1v) is 5.74. The van der Waals surface area contributed by atoms with Crippen LogP contribution in [0.15, 0.2) is 18.2 Å². The van der Waals surface area contributed by atoms with Crippen LogP contribution in [0.4, 0.5) is 0 Å². The Kier molecular flexibility index (Phi) is 5.06. The number of phenolic OH excluding ortho intramolecular Hbond substituents is 1. The summed E-state index contributed by atoms with van der Waals surface area (Å²) in [6, 6.07) is 5.27. The average molecular weight is 244 g/mol. The fourth-order valence-corrected chi connectivity index (χ4v) is 1.65. The number of para-hydroxylation sites is 1. The summed E-state index contributed by atoms with van der Waals surface area (Å²) < 4.78 is 0. The van der Waals surface area contributed by atoms with E-state index in [1.165, 1.54) is 0 Å². The van der Waals surface area contributed by atoms with Gasteiger partial charge in [0.2, 0.25) is 0 Å². The van der Waals surface area contributed by atoms with Crippen LogP contribution in [0, 0.1) is 5.92 Å². The molecular formula is C12H18ClNO2. The molecule has 4 heteroatoms. The Hall–Kier alpha value is -0.770. The first kappa shape index (κ1) is 13.3. The monoisotopic (exact) mass is 243 g/mol. The van der Waals surface area contributed by atoms with E-state index in [-0.39, 0.29) is 18.4 Å². The number of nitrogens with one attached hydrogen (secondary N) is 1. The van der Waals surface area contributed by atoms with Gasteiger partial charge in [-0.1, -0.05) is 37.6 Å². The second kappa shape index (κ2) is 6.09.